The van der Waals surface area contributed by atoms with E-state index in [4.69, 9.17) is 5.73 Å². The summed E-state index contributed by atoms with van der Waals surface area (Å²) in [5, 5.41) is 8.04. The summed E-state index contributed by atoms with van der Waals surface area (Å²) >= 11 is 0. The fourth-order valence-corrected chi connectivity index (χ4v) is 2.52. The molecule has 0 aromatic carbocycles. The van der Waals surface area contributed by atoms with Gasteiger partial charge in [-0.1, -0.05) is 5.21 Å². The van der Waals surface area contributed by atoms with Gasteiger partial charge in [-0.3, -0.25) is 4.68 Å². The molecule has 1 aromatic rings. The summed E-state index contributed by atoms with van der Waals surface area (Å²) in [6, 6.07) is 0. The van der Waals surface area contributed by atoms with E-state index in [2.05, 4.69) is 34.2 Å². The Labute approximate surface area is 109 Å². The summed E-state index contributed by atoms with van der Waals surface area (Å²) in [6.45, 7) is 5.99. The summed E-state index contributed by atoms with van der Waals surface area (Å²) in [5.74, 6) is 0.815. The molecule has 2 rings (SSSR count). The molecule has 1 saturated heterocycles. The quantitative estimate of drug-likeness (QED) is 0.748. The number of nitrogens with two attached hydrogens (primary N) is 1. The van der Waals surface area contributed by atoms with Crippen LogP contribution in [0.2, 0.25) is 0 Å². The second kappa shape index (κ2) is 6.26. The lowest BCUT2D eigenvalue weighted by Crippen LogP contribution is -2.30. The zero-order valence-corrected chi connectivity index (χ0v) is 11.4. The number of aromatic nitrogens is 3. The van der Waals surface area contributed by atoms with Gasteiger partial charge in [0.2, 0.25) is 0 Å². The molecule has 1 atom stereocenters. The Morgan fingerprint density at radius 1 is 1.56 bits per heavy atom. The molecule has 18 heavy (non-hydrogen) atoms. The minimum Gasteiger partial charge on any atom is -0.325 e. The SMILES string of the molecule is CN1CCC(CN(C)CCn2cc(CN)nn2)C1. The highest BCUT2D eigenvalue weighted by Gasteiger charge is 2.20. The Kier molecular flexibility index (Phi) is 4.68. The molecule has 0 saturated carbocycles. The Morgan fingerprint density at radius 2 is 2.39 bits per heavy atom. The van der Waals surface area contributed by atoms with Crippen molar-refractivity contribution in [1.29, 1.82) is 0 Å². The maximum atomic E-state index is 5.51. The van der Waals surface area contributed by atoms with E-state index in [0.29, 0.717) is 6.54 Å². The molecular weight excluding hydrogens is 228 g/mol. The molecule has 6 nitrogen and oxygen atoms in total. The van der Waals surface area contributed by atoms with Crippen LogP contribution in [0.25, 0.3) is 0 Å². The molecule has 6 heteroatoms. The first-order valence-corrected chi connectivity index (χ1v) is 6.63. The molecule has 0 amide bonds. The lowest BCUT2D eigenvalue weighted by Gasteiger charge is -2.20. The lowest BCUT2D eigenvalue weighted by atomic mass is 10.1. The molecule has 1 aliphatic rings. The van der Waals surface area contributed by atoms with Crippen molar-refractivity contribution >= 4 is 0 Å². The summed E-state index contributed by atoms with van der Waals surface area (Å²) in [5.41, 5.74) is 6.37. The van der Waals surface area contributed by atoms with Crippen molar-refractivity contribution in [2.24, 2.45) is 11.7 Å². The van der Waals surface area contributed by atoms with Gasteiger partial charge >= 0.3 is 0 Å². The Bertz CT molecular complexity index is 363. The van der Waals surface area contributed by atoms with Gasteiger partial charge in [-0.25, -0.2) is 0 Å². The topological polar surface area (TPSA) is 63.2 Å². The molecule has 2 heterocycles. The van der Waals surface area contributed by atoms with Crippen molar-refractivity contribution in [3.63, 3.8) is 0 Å². The van der Waals surface area contributed by atoms with Crippen molar-refractivity contribution in [1.82, 2.24) is 24.8 Å². The van der Waals surface area contributed by atoms with Crippen molar-refractivity contribution in [3.05, 3.63) is 11.9 Å². The monoisotopic (exact) mass is 252 g/mol. The van der Waals surface area contributed by atoms with Gasteiger partial charge in [-0.15, -0.1) is 5.10 Å². The number of hydrogen-bond donors (Lipinski definition) is 1. The number of hydrogen-bond acceptors (Lipinski definition) is 5. The minimum absolute atomic E-state index is 0.463. The van der Waals surface area contributed by atoms with Crippen molar-refractivity contribution in [3.8, 4) is 0 Å². The maximum absolute atomic E-state index is 5.51. The van der Waals surface area contributed by atoms with Crippen LogP contribution in [0.1, 0.15) is 12.1 Å². The number of nitrogens with zero attached hydrogens (tertiary/aromatic N) is 5. The normalized spacial score (nSPS) is 21.0. The van der Waals surface area contributed by atoms with Gasteiger partial charge in [0, 0.05) is 32.4 Å². The van der Waals surface area contributed by atoms with Crippen LogP contribution in [0.3, 0.4) is 0 Å². The van der Waals surface area contributed by atoms with Crippen LogP contribution in [0, 0.1) is 5.92 Å². The lowest BCUT2D eigenvalue weighted by molar-refractivity contribution is 0.260. The average molecular weight is 252 g/mol. The standard InChI is InChI=1S/C12H24N6/c1-16-4-3-11(8-16)9-17(2)5-6-18-10-12(7-13)14-15-18/h10-11H,3-9,13H2,1-2H3. The molecule has 0 bridgehead atoms. The van der Waals surface area contributed by atoms with E-state index in [9.17, 15) is 0 Å². The van der Waals surface area contributed by atoms with E-state index in [1.165, 1.54) is 26.1 Å². The smallest absolute Gasteiger partial charge is 0.0962 e. The maximum Gasteiger partial charge on any atom is 0.0962 e. The molecule has 1 fully saturated rings. The summed E-state index contributed by atoms with van der Waals surface area (Å²) in [7, 11) is 4.38. The van der Waals surface area contributed by atoms with Crippen molar-refractivity contribution < 1.29 is 0 Å². The van der Waals surface area contributed by atoms with Crippen LogP contribution in [0.4, 0.5) is 0 Å². The minimum atomic E-state index is 0.463. The average Bonchev–Trinajstić information content (AvgIpc) is 2.95. The largest absolute Gasteiger partial charge is 0.325 e. The predicted molar refractivity (Wildman–Crippen MR) is 71.0 cm³/mol. The molecule has 1 unspecified atom stereocenters. The first-order valence-electron chi connectivity index (χ1n) is 6.63. The number of likely N-dealkylation sites (tertiary alicyclic amines) is 1. The third kappa shape index (κ3) is 3.76. The first-order chi connectivity index (χ1) is 8.67. The van der Waals surface area contributed by atoms with E-state index >= 15 is 0 Å². The Hall–Kier alpha value is -0.980. The highest BCUT2D eigenvalue weighted by Crippen LogP contribution is 2.14. The van der Waals surface area contributed by atoms with Crippen LogP contribution in [0.5, 0.6) is 0 Å². The van der Waals surface area contributed by atoms with Gasteiger partial charge in [-0.2, -0.15) is 0 Å². The summed E-state index contributed by atoms with van der Waals surface area (Å²) in [4.78, 5) is 4.79. The van der Waals surface area contributed by atoms with E-state index in [1.807, 2.05) is 10.9 Å². The zero-order chi connectivity index (χ0) is 13.0. The Morgan fingerprint density at radius 3 is 3.00 bits per heavy atom. The first kappa shape index (κ1) is 13.5. The molecule has 102 valence electrons. The third-order valence-electron chi connectivity index (χ3n) is 3.56. The van der Waals surface area contributed by atoms with Crippen LogP contribution in [-0.4, -0.2) is 65.1 Å². The third-order valence-corrected chi connectivity index (χ3v) is 3.56. The van der Waals surface area contributed by atoms with Crippen molar-refractivity contribution in [2.45, 2.75) is 19.5 Å². The van der Waals surface area contributed by atoms with E-state index < -0.39 is 0 Å². The summed E-state index contributed by atoms with van der Waals surface area (Å²) in [6.07, 6.45) is 3.25. The molecule has 0 radical (unpaired) electrons. The Balaban J connectivity index is 1.69. The second-order valence-corrected chi connectivity index (χ2v) is 5.36. The molecule has 1 aromatic heterocycles. The molecule has 0 spiro atoms. The van der Waals surface area contributed by atoms with Crippen LogP contribution >= 0.6 is 0 Å². The van der Waals surface area contributed by atoms with Gasteiger partial charge < -0.3 is 15.5 Å². The number of rotatable bonds is 6. The van der Waals surface area contributed by atoms with Gasteiger partial charge in [0.15, 0.2) is 0 Å². The van der Waals surface area contributed by atoms with Gasteiger partial charge in [0.1, 0.15) is 0 Å². The molecule has 2 N–H and O–H groups in total. The highest BCUT2D eigenvalue weighted by molar-refractivity contribution is 4.90. The van der Waals surface area contributed by atoms with Crippen LogP contribution < -0.4 is 5.73 Å². The zero-order valence-electron chi connectivity index (χ0n) is 11.4. The van der Waals surface area contributed by atoms with E-state index in [0.717, 1.165) is 24.7 Å². The fraction of sp³-hybridized carbons (Fsp3) is 0.833. The predicted octanol–water partition coefficient (Wildman–Crippen LogP) is -0.380. The molecular formula is C12H24N6. The second-order valence-electron chi connectivity index (χ2n) is 5.36. The van der Waals surface area contributed by atoms with Crippen molar-refractivity contribution in [2.75, 3.05) is 40.3 Å². The van der Waals surface area contributed by atoms with E-state index in [-0.39, 0.29) is 0 Å². The van der Waals surface area contributed by atoms with Gasteiger partial charge in [0.25, 0.3) is 0 Å². The van der Waals surface area contributed by atoms with Crippen LogP contribution in [0.15, 0.2) is 6.20 Å². The van der Waals surface area contributed by atoms with E-state index in [1.54, 1.807) is 0 Å². The van der Waals surface area contributed by atoms with Crippen LogP contribution in [-0.2, 0) is 13.1 Å². The molecule has 0 aliphatic carbocycles. The summed E-state index contributed by atoms with van der Waals surface area (Å²) < 4.78 is 1.87. The number of likely N-dealkylation sites (N-methyl/N-ethyl adjacent to an activating group) is 1. The fourth-order valence-electron chi connectivity index (χ4n) is 2.52. The highest BCUT2D eigenvalue weighted by atomic mass is 15.4. The van der Waals surface area contributed by atoms with Gasteiger partial charge in [-0.05, 0) is 33.0 Å². The van der Waals surface area contributed by atoms with Gasteiger partial charge in [0.05, 0.1) is 12.2 Å². The molecule has 1 aliphatic heterocycles.